The van der Waals surface area contributed by atoms with Gasteiger partial charge in [0.25, 0.3) is 5.91 Å². The van der Waals surface area contributed by atoms with Gasteiger partial charge < -0.3 is 15.0 Å². The second-order valence-corrected chi connectivity index (χ2v) is 5.11. The van der Waals surface area contributed by atoms with Crippen molar-refractivity contribution in [3.8, 4) is 0 Å². The van der Waals surface area contributed by atoms with E-state index in [2.05, 4.69) is 26.0 Å². The SMILES string of the molecule is COC(=O)[C@@H]1CNC(=O)CN1C(=O)c1ccccc1Br. The Labute approximate surface area is 124 Å². The topological polar surface area (TPSA) is 75.7 Å². The Morgan fingerprint density at radius 1 is 1.40 bits per heavy atom. The fourth-order valence-corrected chi connectivity index (χ4v) is 2.45. The third-order valence-electron chi connectivity index (χ3n) is 3.02. The fraction of sp³-hybridized carbons (Fsp3) is 0.308. The molecule has 0 unspecified atom stereocenters. The molecule has 0 bridgehead atoms. The molecule has 20 heavy (non-hydrogen) atoms. The molecule has 0 aliphatic carbocycles. The Bertz CT molecular complexity index is 561. The van der Waals surface area contributed by atoms with Crippen LogP contribution in [0.5, 0.6) is 0 Å². The fourth-order valence-electron chi connectivity index (χ4n) is 1.99. The van der Waals surface area contributed by atoms with Crippen molar-refractivity contribution >= 4 is 33.7 Å². The number of nitrogens with zero attached hydrogens (tertiary/aromatic N) is 1. The van der Waals surface area contributed by atoms with Crippen LogP contribution in [0.3, 0.4) is 0 Å². The van der Waals surface area contributed by atoms with Crippen LogP contribution < -0.4 is 5.32 Å². The summed E-state index contributed by atoms with van der Waals surface area (Å²) in [5.74, 6) is -1.24. The number of hydrogen-bond acceptors (Lipinski definition) is 4. The van der Waals surface area contributed by atoms with Crippen LogP contribution >= 0.6 is 15.9 Å². The first-order valence-electron chi connectivity index (χ1n) is 5.94. The lowest BCUT2D eigenvalue weighted by Gasteiger charge is -2.33. The van der Waals surface area contributed by atoms with Crippen LogP contribution in [0.25, 0.3) is 0 Å². The molecular formula is C13H13BrN2O4. The molecule has 0 radical (unpaired) electrons. The molecule has 1 fully saturated rings. The molecule has 1 aromatic carbocycles. The Balaban J connectivity index is 2.31. The van der Waals surface area contributed by atoms with Gasteiger partial charge in [-0.05, 0) is 28.1 Å². The van der Waals surface area contributed by atoms with E-state index in [0.717, 1.165) is 0 Å². The number of esters is 1. The van der Waals surface area contributed by atoms with Crippen LogP contribution in [0, 0.1) is 0 Å². The third-order valence-corrected chi connectivity index (χ3v) is 3.71. The summed E-state index contributed by atoms with van der Waals surface area (Å²) in [5.41, 5.74) is 0.399. The van der Waals surface area contributed by atoms with Crippen molar-refractivity contribution in [2.45, 2.75) is 6.04 Å². The number of hydrogen-bond donors (Lipinski definition) is 1. The number of ether oxygens (including phenoxy) is 1. The molecule has 0 aromatic heterocycles. The van der Waals surface area contributed by atoms with Gasteiger partial charge in [-0.1, -0.05) is 12.1 Å². The highest BCUT2D eigenvalue weighted by Crippen LogP contribution is 2.20. The molecule has 106 valence electrons. The molecule has 1 N–H and O–H groups in total. The van der Waals surface area contributed by atoms with E-state index in [1.54, 1.807) is 24.3 Å². The highest BCUT2D eigenvalue weighted by Gasteiger charge is 2.36. The first-order chi connectivity index (χ1) is 9.54. The molecule has 1 saturated heterocycles. The number of carbonyl (C=O) groups is 3. The van der Waals surface area contributed by atoms with Gasteiger partial charge in [-0.2, -0.15) is 0 Å². The van der Waals surface area contributed by atoms with E-state index in [1.807, 2.05) is 0 Å². The number of piperazine rings is 1. The zero-order valence-corrected chi connectivity index (χ0v) is 12.3. The first kappa shape index (κ1) is 14.5. The van der Waals surface area contributed by atoms with Gasteiger partial charge in [0.1, 0.15) is 12.6 Å². The van der Waals surface area contributed by atoms with Crippen LogP contribution in [0.1, 0.15) is 10.4 Å². The van der Waals surface area contributed by atoms with E-state index in [4.69, 9.17) is 0 Å². The normalized spacial score (nSPS) is 18.4. The molecule has 2 amide bonds. The van der Waals surface area contributed by atoms with Crippen LogP contribution in [0.4, 0.5) is 0 Å². The summed E-state index contributed by atoms with van der Waals surface area (Å²) >= 11 is 3.29. The minimum Gasteiger partial charge on any atom is -0.467 e. The second-order valence-electron chi connectivity index (χ2n) is 4.26. The predicted molar refractivity (Wildman–Crippen MR) is 74.0 cm³/mol. The van der Waals surface area contributed by atoms with E-state index in [-0.39, 0.29) is 24.9 Å². The average molecular weight is 341 g/mol. The van der Waals surface area contributed by atoms with Crippen LogP contribution in [0.2, 0.25) is 0 Å². The van der Waals surface area contributed by atoms with Gasteiger partial charge in [0.05, 0.1) is 12.7 Å². The molecule has 0 saturated carbocycles. The average Bonchev–Trinajstić information content (AvgIpc) is 2.46. The summed E-state index contributed by atoms with van der Waals surface area (Å²) in [6.07, 6.45) is 0. The minimum absolute atomic E-state index is 0.0572. The van der Waals surface area contributed by atoms with Crippen molar-refractivity contribution in [3.05, 3.63) is 34.3 Å². The van der Waals surface area contributed by atoms with Gasteiger partial charge in [-0.3, -0.25) is 9.59 Å². The Morgan fingerprint density at radius 3 is 2.75 bits per heavy atom. The van der Waals surface area contributed by atoms with Crippen molar-refractivity contribution in [2.75, 3.05) is 20.2 Å². The lowest BCUT2D eigenvalue weighted by Crippen LogP contribution is -2.59. The highest BCUT2D eigenvalue weighted by molar-refractivity contribution is 9.10. The molecule has 1 aromatic rings. The number of benzene rings is 1. The smallest absolute Gasteiger partial charge is 0.330 e. The van der Waals surface area contributed by atoms with E-state index >= 15 is 0 Å². The standard InChI is InChI=1S/C13H13BrN2O4/c1-20-13(19)10-6-15-11(17)7-16(10)12(18)8-4-2-3-5-9(8)14/h2-5,10H,6-7H2,1H3,(H,15,17)/t10-/m0/s1. The monoisotopic (exact) mass is 340 g/mol. The molecule has 1 aliphatic heterocycles. The van der Waals surface area contributed by atoms with Gasteiger partial charge in [-0.25, -0.2) is 4.79 Å². The lowest BCUT2D eigenvalue weighted by atomic mass is 10.1. The third kappa shape index (κ3) is 2.82. The molecular weight excluding hydrogens is 328 g/mol. The van der Waals surface area contributed by atoms with Gasteiger partial charge >= 0.3 is 5.97 Å². The maximum Gasteiger partial charge on any atom is 0.330 e. The van der Waals surface area contributed by atoms with Crippen LogP contribution in [-0.4, -0.2) is 48.9 Å². The molecule has 1 heterocycles. The molecule has 1 atom stereocenters. The van der Waals surface area contributed by atoms with Crippen molar-refractivity contribution in [3.63, 3.8) is 0 Å². The van der Waals surface area contributed by atoms with Gasteiger partial charge in [0.2, 0.25) is 5.91 Å². The predicted octanol–water partition coefficient (Wildman–Crippen LogP) is 0.563. The van der Waals surface area contributed by atoms with Crippen molar-refractivity contribution in [1.82, 2.24) is 10.2 Å². The Morgan fingerprint density at radius 2 is 2.10 bits per heavy atom. The molecule has 0 spiro atoms. The maximum absolute atomic E-state index is 12.5. The molecule has 1 aliphatic rings. The minimum atomic E-state index is -0.808. The zero-order chi connectivity index (χ0) is 14.7. The summed E-state index contributed by atoms with van der Waals surface area (Å²) in [6, 6.07) is 6.05. The quantitative estimate of drug-likeness (QED) is 0.798. The number of carbonyl (C=O) groups excluding carboxylic acids is 3. The van der Waals surface area contributed by atoms with Crippen LogP contribution in [0.15, 0.2) is 28.7 Å². The van der Waals surface area contributed by atoms with Crippen LogP contribution in [-0.2, 0) is 14.3 Å². The second kappa shape index (κ2) is 6.04. The molecule has 7 heteroatoms. The Kier molecular flexibility index (Phi) is 4.39. The number of rotatable bonds is 2. The van der Waals surface area contributed by atoms with E-state index in [0.29, 0.717) is 10.0 Å². The number of methoxy groups -OCH3 is 1. The summed E-state index contributed by atoms with van der Waals surface area (Å²) in [4.78, 5) is 36.9. The molecule has 2 rings (SSSR count). The van der Waals surface area contributed by atoms with E-state index in [1.165, 1.54) is 12.0 Å². The summed E-state index contributed by atoms with van der Waals surface area (Å²) in [6.45, 7) is -0.109. The summed E-state index contributed by atoms with van der Waals surface area (Å²) in [5, 5.41) is 2.55. The van der Waals surface area contributed by atoms with E-state index < -0.39 is 12.0 Å². The molecule has 6 nitrogen and oxygen atoms in total. The zero-order valence-electron chi connectivity index (χ0n) is 10.8. The number of amides is 2. The lowest BCUT2D eigenvalue weighted by molar-refractivity contribution is -0.147. The number of halogens is 1. The van der Waals surface area contributed by atoms with Crippen molar-refractivity contribution < 1.29 is 19.1 Å². The van der Waals surface area contributed by atoms with Crippen molar-refractivity contribution in [1.29, 1.82) is 0 Å². The Hall–Kier alpha value is -1.89. The highest BCUT2D eigenvalue weighted by atomic mass is 79.9. The maximum atomic E-state index is 12.5. The van der Waals surface area contributed by atoms with Crippen molar-refractivity contribution in [2.24, 2.45) is 0 Å². The van der Waals surface area contributed by atoms with Gasteiger partial charge in [0, 0.05) is 11.0 Å². The summed E-state index contributed by atoms with van der Waals surface area (Å²) in [7, 11) is 1.25. The largest absolute Gasteiger partial charge is 0.467 e. The van der Waals surface area contributed by atoms with Gasteiger partial charge in [0.15, 0.2) is 0 Å². The van der Waals surface area contributed by atoms with Gasteiger partial charge in [-0.15, -0.1) is 0 Å². The van der Waals surface area contributed by atoms with E-state index in [9.17, 15) is 14.4 Å². The first-order valence-corrected chi connectivity index (χ1v) is 6.74. The number of nitrogens with one attached hydrogen (secondary N) is 1. The summed E-state index contributed by atoms with van der Waals surface area (Å²) < 4.78 is 5.29.